The summed E-state index contributed by atoms with van der Waals surface area (Å²) in [6, 6.07) is 14.4. The zero-order valence-corrected chi connectivity index (χ0v) is 14.7. The van der Waals surface area contributed by atoms with Gasteiger partial charge in [0.1, 0.15) is 0 Å². The summed E-state index contributed by atoms with van der Waals surface area (Å²) in [7, 11) is 0. The Labute approximate surface area is 160 Å². The average molecular weight is 383 g/mol. The van der Waals surface area contributed by atoms with E-state index in [-0.39, 0.29) is 24.6 Å². The minimum Gasteiger partial charge on any atom is -0.455 e. The van der Waals surface area contributed by atoms with Gasteiger partial charge in [-0.2, -0.15) is 0 Å². The molecule has 0 spiro atoms. The van der Waals surface area contributed by atoms with Crippen LogP contribution in [-0.2, 0) is 19.1 Å². The summed E-state index contributed by atoms with van der Waals surface area (Å²) >= 11 is 0. The number of carbonyl (C=O) groups excluding carboxylic acids is 3. The van der Waals surface area contributed by atoms with Gasteiger partial charge in [-0.1, -0.05) is 24.3 Å². The molecule has 9 nitrogen and oxygen atoms in total. The molecular formula is C19H17N3O6. The summed E-state index contributed by atoms with van der Waals surface area (Å²) in [4.78, 5) is 47.9. The molecule has 0 radical (unpaired) electrons. The molecule has 1 heterocycles. The number of nitrogens with one attached hydrogen (secondary N) is 1. The van der Waals surface area contributed by atoms with Gasteiger partial charge in [0, 0.05) is 30.8 Å². The summed E-state index contributed by atoms with van der Waals surface area (Å²) in [5, 5.41) is 13.5. The van der Waals surface area contributed by atoms with Crippen molar-refractivity contribution in [3.05, 3.63) is 64.7 Å². The summed E-state index contributed by atoms with van der Waals surface area (Å²) in [6.07, 6.45) is -0.0815. The zero-order valence-electron chi connectivity index (χ0n) is 14.7. The Morgan fingerprint density at radius 1 is 1.18 bits per heavy atom. The highest BCUT2D eigenvalue weighted by Gasteiger charge is 2.36. The first-order chi connectivity index (χ1) is 13.4. The van der Waals surface area contributed by atoms with E-state index in [1.165, 1.54) is 23.1 Å². The maximum absolute atomic E-state index is 12.2. The van der Waals surface area contributed by atoms with E-state index < -0.39 is 29.3 Å². The van der Waals surface area contributed by atoms with Crippen molar-refractivity contribution in [2.24, 2.45) is 5.92 Å². The van der Waals surface area contributed by atoms with Crippen molar-refractivity contribution in [2.75, 3.05) is 23.4 Å². The van der Waals surface area contributed by atoms with Crippen molar-refractivity contribution < 1.29 is 24.0 Å². The van der Waals surface area contributed by atoms with Crippen molar-refractivity contribution >= 4 is 34.8 Å². The molecule has 0 bridgehead atoms. The van der Waals surface area contributed by atoms with Crippen LogP contribution in [0.4, 0.5) is 17.1 Å². The van der Waals surface area contributed by atoms with Gasteiger partial charge in [0.25, 0.3) is 11.6 Å². The van der Waals surface area contributed by atoms with Crippen molar-refractivity contribution in [3.63, 3.8) is 0 Å². The van der Waals surface area contributed by atoms with Crippen LogP contribution in [0.1, 0.15) is 6.42 Å². The van der Waals surface area contributed by atoms with Crippen LogP contribution in [0.15, 0.2) is 54.6 Å². The monoisotopic (exact) mass is 383 g/mol. The number of benzene rings is 2. The summed E-state index contributed by atoms with van der Waals surface area (Å²) in [6.45, 7) is -0.422. The lowest BCUT2D eigenvalue weighted by Gasteiger charge is -2.16. The molecule has 1 aliphatic rings. The molecule has 1 saturated heterocycles. The summed E-state index contributed by atoms with van der Waals surface area (Å²) < 4.78 is 5.02. The molecule has 0 aromatic heterocycles. The Morgan fingerprint density at radius 3 is 2.64 bits per heavy atom. The Morgan fingerprint density at radius 2 is 1.93 bits per heavy atom. The largest absolute Gasteiger partial charge is 0.455 e. The number of nitrogens with zero attached hydrogens (tertiary/aromatic N) is 2. The lowest BCUT2D eigenvalue weighted by molar-refractivity contribution is -0.384. The van der Waals surface area contributed by atoms with Gasteiger partial charge in [0.05, 0.1) is 16.5 Å². The van der Waals surface area contributed by atoms with Gasteiger partial charge in [-0.15, -0.1) is 0 Å². The van der Waals surface area contributed by atoms with E-state index in [1.807, 2.05) is 0 Å². The molecule has 144 valence electrons. The van der Waals surface area contributed by atoms with Crippen LogP contribution in [0.3, 0.4) is 0 Å². The van der Waals surface area contributed by atoms with Gasteiger partial charge in [-0.05, 0) is 18.2 Å². The number of hydrogen-bond acceptors (Lipinski definition) is 6. The van der Waals surface area contributed by atoms with Crippen LogP contribution < -0.4 is 10.2 Å². The Hall–Kier alpha value is -3.75. The van der Waals surface area contributed by atoms with Crippen LogP contribution in [0, 0.1) is 16.0 Å². The van der Waals surface area contributed by atoms with Gasteiger partial charge in [0.2, 0.25) is 5.91 Å². The van der Waals surface area contributed by atoms with Gasteiger partial charge >= 0.3 is 5.97 Å². The number of carbonyl (C=O) groups is 3. The second-order valence-electron chi connectivity index (χ2n) is 6.20. The molecule has 1 N–H and O–H groups in total. The molecule has 0 aliphatic carbocycles. The molecule has 2 aromatic carbocycles. The van der Waals surface area contributed by atoms with E-state index in [0.29, 0.717) is 11.4 Å². The van der Waals surface area contributed by atoms with Gasteiger partial charge < -0.3 is 15.0 Å². The predicted octanol–water partition coefficient (Wildman–Crippen LogP) is 2.13. The molecule has 28 heavy (non-hydrogen) atoms. The van der Waals surface area contributed by atoms with Crippen LogP contribution in [0.25, 0.3) is 0 Å². The van der Waals surface area contributed by atoms with Crippen LogP contribution in [0.2, 0.25) is 0 Å². The van der Waals surface area contributed by atoms with Crippen molar-refractivity contribution in [1.29, 1.82) is 0 Å². The fourth-order valence-electron chi connectivity index (χ4n) is 2.86. The van der Waals surface area contributed by atoms with E-state index in [2.05, 4.69) is 5.32 Å². The van der Waals surface area contributed by atoms with Crippen molar-refractivity contribution in [1.82, 2.24) is 0 Å². The lowest BCUT2D eigenvalue weighted by Crippen LogP contribution is -2.28. The minimum absolute atomic E-state index is 0.0408. The normalized spacial score (nSPS) is 15.9. The van der Waals surface area contributed by atoms with Crippen molar-refractivity contribution in [2.45, 2.75) is 6.42 Å². The fraction of sp³-hybridized carbons (Fsp3) is 0.211. The van der Waals surface area contributed by atoms with Crippen LogP contribution in [0.5, 0.6) is 0 Å². The predicted molar refractivity (Wildman–Crippen MR) is 99.6 cm³/mol. The van der Waals surface area contributed by atoms with E-state index in [9.17, 15) is 24.5 Å². The van der Waals surface area contributed by atoms with Crippen LogP contribution >= 0.6 is 0 Å². The number of esters is 1. The number of para-hydroxylation sites is 1. The molecule has 0 unspecified atom stereocenters. The number of non-ortho nitro benzene ring substituents is 1. The van der Waals surface area contributed by atoms with E-state index in [1.54, 1.807) is 36.4 Å². The Bertz CT molecular complexity index is 915. The molecule has 1 aliphatic heterocycles. The highest BCUT2D eigenvalue weighted by Crippen LogP contribution is 2.28. The topological polar surface area (TPSA) is 119 Å². The Kier molecular flexibility index (Phi) is 5.64. The number of rotatable bonds is 6. The number of hydrogen-bond donors (Lipinski definition) is 1. The second kappa shape index (κ2) is 8.30. The highest BCUT2D eigenvalue weighted by molar-refractivity contribution is 6.00. The number of nitro benzene ring substituents is 1. The van der Waals surface area contributed by atoms with Gasteiger partial charge in [-0.25, -0.2) is 0 Å². The molecule has 1 fully saturated rings. The maximum atomic E-state index is 12.2. The zero-order chi connectivity index (χ0) is 20.1. The fourth-order valence-corrected chi connectivity index (χ4v) is 2.86. The van der Waals surface area contributed by atoms with Gasteiger partial charge in [-0.3, -0.25) is 24.5 Å². The molecule has 1 atom stereocenters. The molecular weight excluding hydrogens is 366 g/mol. The summed E-state index contributed by atoms with van der Waals surface area (Å²) in [5.74, 6) is -2.23. The van der Waals surface area contributed by atoms with E-state index >= 15 is 0 Å². The maximum Gasteiger partial charge on any atom is 0.311 e. The number of anilines is 2. The Balaban J connectivity index is 1.55. The number of ether oxygens (including phenoxy) is 1. The quantitative estimate of drug-likeness (QED) is 0.464. The molecule has 2 amide bonds. The molecule has 9 heteroatoms. The van der Waals surface area contributed by atoms with E-state index in [0.717, 1.165) is 0 Å². The minimum atomic E-state index is -0.740. The molecule has 2 aromatic rings. The van der Waals surface area contributed by atoms with Crippen LogP contribution in [-0.4, -0.2) is 35.9 Å². The second-order valence-corrected chi connectivity index (χ2v) is 6.20. The smallest absolute Gasteiger partial charge is 0.311 e. The number of amides is 2. The summed E-state index contributed by atoms with van der Waals surface area (Å²) in [5.41, 5.74) is 0.779. The van der Waals surface area contributed by atoms with E-state index in [4.69, 9.17) is 4.74 Å². The first-order valence-corrected chi connectivity index (χ1v) is 8.50. The first kappa shape index (κ1) is 19.0. The van der Waals surface area contributed by atoms with Gasteiger partial charge in [0.15, 0.2) is 6.61 Å². The van der Waals surface area contributed by atoms with Crippen molar-refractivity contribution in [3.8, 4) is 0 Å². The standard InChI is InChI=1S/C19H17N3O6/c23-17(20-14-5-2-1-3-6-14)12-28-19(25)13-9-18(24)21(11-13)15-7-4-8-16(10-15)22(26)27/h1-8,10,13H,9,11-12H2,(H,20,23)/t13-/m0/s1. The molecule has 0 saturated carbocycles. The third-order valence-electron chi connectivity index (χ3n) is 4.21. The average Bonchev–Trinajstić information content (AvgIpc) is 3.09. The lowest BCUT2D eigenvalue weighted by atomic mass is 10.1. The number of nitro groups is 1. The third-order valence-corrected chi connectivity index (χ3v) is 4.21. The third kappa shape index (κ3) is 4.50. The highest BCUT2D eigenvalue weighted by atomic mass is 16.6. The SMILES string of the molecule is O=C(COC(=O)[C@H]1CC(=O)N(c2cccc([N+](=O)[O-])c2)C1)Nc1ccccc1. The molecule has 3 rings (SSSR count). The first-order valence-electron chi connectivity index (χ1n) is 8.50.